The van der Waals surface area contributed by atoms with Crippen LogP contribution in [0.2, 0.25) is 0 Å². The lowest BCUT2D eigenvalue weighted by Crippen LogP contribution is -2.29. The van der Waals surface area contributed by atoms with Gasteiger partial charge in [0, 0.05) is 50.8 Å². The molecule has 1 N–H and O–H groups in total. The number of aromatic amines is 1. The monoisotopic (exact) mass is 334 g/mol. The number of likely N-dealkylation sites (tertiary alicyclic amines) is 1. The van der Waals surface area contributed by atoms with Gasteiger partial charge >= 0.3 is 0 Å². The van der Waals surface area contributed by atoms with Crippen LogP contribution < -0.4 is 0 Å². The van der Waals surface area contributed by atoms with Crippen LogP contribution >= 0.6 is 0 Å². The first-order chi connectivity index (χ1) is 12.2. The topological polar surface area (TPSA) is 53.9 Å². The molecule has 0 bridgehead atoms. The van der Waals surface area contributed by atoms with Crippen LogP contribution in [0.3, 0.4) is 0 Å². The zero-order chi connectivity index (χ0) is 17.2. The van der Waals surface area contributed by atoms with Crippen molar-refractivity contribution in [2.45, 2.75) is 18.8 Å². The fourth-order valence-electron chi connectivity index (χ4n) is 3.65. The summed E-state index contributed by atoms with van der Waals surface area (Å²) >= 11 is 0. The molecule has 1 saturated heterocycles. The summed E-state index contributed by atoms with van der Waals surface area (Å²) in [5.41, 5.74) is 3.05. The molecule has 0 saturated carbocycles. The normalized spacial score (nSPS) is 17.2. The van der Waals surface area contributed by atoms with E-state index in [4.69, 9.17) is 0 Å². The number of rotatable bonds is 4. The molecule has 1 aliphatic heterocycles. The van der Waals surface area contributed by atoms with Crippen LogP contribution in [0, 0.1) is 0 Å². The summed E-state index contributed by atoms with van der Waals surface area (Å²) in [6.45, 7) is 1.52. The van der Waals surface area contributed by atoms with Gasteiger partial charge in [0.05, 0.1) is 5.56 Å². The molecule has 1 aliphatic rings. The number of carbonyl (C=O) groups excluding carboxylic acids is 1. The molecule has 5 nitrogen and oxygen atoms in total. The summed E-state index contributed by atoms with van der Waals surface area (Å²) < 4.78 is 2.05. The van der Waals surface area contributed by atoms with Gasteiger partial charge in [0.2, 0.25) is 0 Å². The van der Waals surface area contributed by atoms with E-state index in [1.54, 1.807) is 0 Å². The second-order valence-electron chi connectivity index (χ2n) is 6.69. The van der Waals surface area contributed by atoms with Crippen molar-refractivity contribution in [2.75, 3.05) is 13.1 Å². The smallest absolute Gasteiger partial charge is 0.255 e. The predicted molar refractivity (Wildman–Crippen MR) is 96.5 cm³/mol. The van der Waals surface area contributed by atoms with E-state index in [0.717, 1.165) is 42.9 Å². The van der Waals surface area contributed by atoms with E-state index in [-0.39, 0.29) is 5.91 Å². The third-order valence-corrected chi connectivity index (χ3v) is 5.00. The highest BCUT2D eigenvalue weighted by molar-refractivity contribution is 5.95. The molecule has 2 aromatic heterocycles. The Morgan fingerprint density at radius 2 is 2.12 bits per heavy atom. The van der Waals surface area contributed by atoms with Crippen molar-refractivity contribution in [3.8, 4) is 0 Å². The number of benzene rings is 1. The average molecular weight is 334 g/mol. The molecule has 25 heavy (non-hydrogen) atoms. The first-order valence-corrected chi connectivity index (χ1v) is 8.68. The quantitative estimate of drug-likeness (QED) is 0.797. The van der Waals surface area contributed by atoms with Gasteiger partial charge in [0.25, 0.3) is 5.91 Å². The maximum absolute atomic E-state index is 13.0. The van der Waals surface area contributed by atoms with Crippen LogP contribution in [0.25, 0.3) is 0 Å². The third-order valence-electron chi connectivity index (χ3n) is 5.00. The van der Waals surface area contributed by atoms with E-state index in [9.17, 15) is 4.79 Å². The lowest BCUT2D eigenvalue weighted by atomic mass is 10.0. The third kappa shape index (κ3) is 3.09. The van der Waals surface area contributed by atoms with E-state index in [2.05, 4.69) is 26.7 Å². The Hall–Kier alpha value is -2.82. The van der Waals surface area contributed by atoms with Crippen molar-refractivity contribution < 1.29 is 4.79 Å². The standard InChI is InChI=1S/C20H22N4O/c1-23-10-8-22-19(23)16-7-9-24(14-16)20(25)18-13-21-12-17(18)11-15-5-3-2-4-6-15/h2-6,8,10,12-13,16,21H,7,9,11,14H2,1H3. The van der Waals surface area contributed by atoms with Gasteiger partial charge < -0.3 is 14.5 Å². The number of carbonyl (C=O) groups is 1. The molecule has 3 aromatic rings. The summed E-state index contributed by atoms with van der Waals surface area (Å²) in [4.78, 5) is 22.5. The second-order valence-corrected chi connectivity index (χ2v) is 6.69. The molecular weight excluding hydrogens is 312 g/mol. The van der Waals surface area contributed by atoms with Crippen molar-refractivity contribution in [3.05, 3.63) is 77.6 Å². The molecule has 1 aromatic carbocycles. The van der Waals surface area contributed by atoms with Crippen LogP contribution in [0.4, 0.5) is 0 Å². The Kier molecular flexibility index (Phi) is 4.14. The molecule has 1 amide bonds. The number of aromatic nitrogens is 3. The Balaban J connectivity index is 1.49. The minimum Gasteiger partial charge on any atom is -0.367 e. The molecule has 0 aliphatic carbocycles. The van der Waals surface area contributed by atoms with Crippen molar-refractivity contribution in [1.82, 2.24) is 19.4 Å². The molecule has 4 rings (SSSR count). The fourth-order valence-corrected chi connectivity index (χ4v) is 3.65. The number of amides is 1. The number of nitrogens with zero attached hydrogens (tertiary/aromatic N) is 3. The molecule has 1 atom stereocenters. The molecule has 0 spiro atoms. The predicted octanol–water partition coefficient (Wildman–Crippen LogP) is 2.97. The van der Waals surface area contributed by atoms with Gasteiger partial charge in [-0.2, -0.15) is 0 Å². The zero-order valence-electron chi connectivity index (χ0n) is 14.4. The summed E-state index contributed by atoms with van der Waals surface area (Å²) in [7, 11) is 2.01. The van der Waals surface area contributed by atoms with Crippen LogP contribution in [-0.4, -0.2) is 38.4 Å². The Morgan fingerprint density at radius 3 is 2.88 bits per heavy atom. The van der Waals surface area contributed by atoms with Crippen LogP contribution in [0.15, 0.2) is 55.1 Å². The van der Waals surface area contributed by atoms with E-state index in [0.29, 0.717) is 5.92 Å². The van der Waals surface area contributed by atoms with Gasteiger partial charge in [-0.25, -0.2) is 4.98 Å². The summed E-state index contributed by atoms with van der Waals surface area (Å²) in [5, 5.41) is 0. The minimum absolute atomic E-state index is 0.115. The highest BCUT2D eigenvalue weighted by Crippen LogP contribution is 2.27. The zero-order valence-corrected chi connectivity index (χ0v) is 14.4. The maximum atomic E-state index is 13.0. The Bertz CT molecular complexity index is 865. The summed E-state index contributed by atoms with van der Waals surface area (Å²) in [6, 6.07) is 10.2. The van der Waals surface area contributed by atoms with Gasteiger partial charge in [-0.1, -0.05) is 30.3 Å². The van der Waals surface area contributed by atoms with Gasteiger partial charge in [-0.3, -0.25) is 4.79 Å². The first kappa shape index (κ1) is 15.7. The number of H-pyrrole nitrogens is 1. The first-order valence-electron chi connectivity index (χ1n) is 8.68. The highest BCUT2D eigenvalue weighted by Gasteiger charge is 2.31. The Labute approximate surface area is 147 Å². The van der Waals surface area contributed by atoms with E-state index < -0.39 is 0 Å². The van der Waals surface area contributed by atoms with E-state index in [1.807, 2.05) is 54.9 Å². The molecule has 0 radical (unpaired) electrons. The van der Waals surface area contributed by atoms with Gasteiger partial charge in [-0.15, -0.1) is 0 Å². The number of hydrogen-bond acceptors (Lipinski definition) is 2. The largest absolute Gasteiger partial charge is 0.367 e. The lowest BCUT2D eigenvalue weighted by molar-refractivity contribution is 0.0789. The van der Waals surface area contributed by atoms with Crippen LogP contribution in [0.5, 0.6) is 0 Å². The van der Waals surface area contributed by atoms with Crippen LogP contribution in [0.1, 0.15) is 39.6 Å². The minimum atomic E-state index is 0.115. The number of aryl methyl sites for hydroxylation is 1. The molecular formula is C20H22N4O. The average Bonchev–Trinajstić information content (AvgIpc) is 3.35. The van der Waals surface area contributed by atoms with Gasteiger partial charge in [0.1, 0.15) is 5.82 Å². The molecule has 3 heterocycles. The molecule has 128 valence electrons. The number of imidazole rings is 1. The highest BCUT2D eigenvalue weighted by atomic mass is 16.2. The molecule has 5 heteroatoms. The summed E-state index contributed by atoms with van der Waals surface area (Å²) in [5.74, 6) is 1.50. The summed E-state index contributed by atoms with van der Waals surface area (Å²) in [6.07, 6.45) is 9.28. The van der Waals surface area contributed by atoms with Gasteiger partial charge in [0.15, 0.2) is 0 Å². The SMILES string of the molecule is Cn1ccnc1C1CCN(C(=O)c2c[nH]cc2Cc2ccccc2)C1. The van der Waals surface area contributed by atoms with Crippen molar-refractivity contribution in [1.29, 1.82) is 0 Å². The van der Waals surface area contributed by atoms with Crippen molar-refractivity contribution in [3.63, 3.8) is 0 Å². The van der Waals surface area contributed by atoms with Crippen molar-refractivity contribution in [2.24, 2.45) is 7.05 Å². The number of hydrogen-bond donors (Lipinski definition) is 1. The van der Waals surface area contributed by atoms with Gasteiger partial charge in [-0.05, 0) is 24.0 Å². The molecule has 1 fully saturated rings. The lowest BCUT2D eigenvalue weighted by Gasteiger charge is -2.17. The van der Waals surface area contributed by atoms with E-state index >= 15 is 0 Å². The van der Waals surface area contributed by atoms with E-state index in [1.165, 1.54) is 5.56 Å². The Morgan fingerprint density at radius 1 is 1.28 bits per heavy atom. The van der Waals surface area contributed by atoms with Crippen molar-refractivity contribution >= 4 is 5.91 Å². The number of nitrogens with one attached hydrogen (secondary N) is 1. The fraction of sp³-hybridized carbons (Fsp3) is 0.300. The second kappa shape index (κ2) is 6.59. The van der Waals surface area contributed by atoms with Crippen LogP contribution in [-0.2, 0) is 13.5 Å². The molecule has 1 unspecified atom stereocenters. The maximum Gasteiger partial charge on any atom is 0.255 e.